The summed E-state index contributed by atoms with van der Waals surface area (Å²) in [6.45, 7) is 3.18. The molecule has 0 unspecified atom stereocenters. The molecular weight excluding hydrogens is 532 g/mol. The van der Waals surface area contributed by atoms with E-state index in [1.165, 1.54) is 0 Å². The Morgan fingerprint density at radius 3 is 2.20 bits per heavy atom. The van der Waals surface area contributed by atoms with Gasteiger partial charge in [-0.15, -0.1) is 0 Å². The van der Waals surface area contributed by atoms with E-state index in [0.29, 0.717) is 44.7 Å². The maximum Gasteiger partial charge on any atom is 0.175 e. The minimum Gasteiger partial charge on any atom is -0.490 e. The monoisotopic (exact) mass is 547 g/mol. The molecule has 0 saturated carbocycles. The number of nitrogens with one attached hydrogen (secondary N) is 1. The average Bonchev–Trinajstić information content (AvgIpc) is 2.67. The maximum atomic E-state index is 6.25. The van der Waals surface area contributed by atoms with Gasteiger partial charge in [0.25, 0.3) is 0 Å². The van der Waals surface area contributed by atoms with Crippen molar-refractivity contribution in [1.82, 2.24) is 0 Å². The van der Waals surface area contributed by atoms with E-state index in [-0.39, 0.29) is 6.61 Å². The second-order valence-corrected chi connectivity index (χ2v) is 8.88. The van der Waals surface area contributed by atoms with Crippen molar-refractivity contribution >= 4 is 68.0 Å². The minimum absolute atomic E-state index is 0.218. The zero-order valence-corrected chi connectivity index (χ0v) is 20.6. The van der Waals surface area contributed by atoms with Gasteiger partial charge in [0.15, 0.2) is 11.5 Å². The molecule has 0 spiro atoms. The number of benzene rings is 3. The van der Waals surface area contributed by atoms with Crippen molar-refractivity contribution in [2.24, 2.45) is 0 Å². The lowest BCUT2D eigenvalue weighted by Crippen LogP contribution is -2.04. The predicted octanol–water partition coefficient (Wildman–Crippen LogP) is 8.65. The van der Waals surface area contributed by atoms with E-state index in [0.717, 1.165) is 21.3 Å². The fourth-order valence-electron chi connectivity index (χ4n) is 2.80. The highest BCUT2D eigenvalue weighted by atomic mass is 79.9. The van der Waals surface area contributed by atoms with Crippen molar-refractivity contribution in [1.29, 1.82) is 0 Å². The minimum atomic E-state index is 0.218. The quantitative estimate of drug-likeness (QED) is 0.305. The summed E-state index contributed by atoms with van der Waals surface area (Å²) in [4.78, 5) is 0. The van der Waals surface area contributed by atoms with Crippen LogP contribution in [0.2, 0.25) is 20.1 Å². The van der Waals surface area contributed by atoms with E-state index in [9.17, 15) is 0 Å². The summed E-state index contributed by atoms with van der Waals surface area (Å²) in [6.07, 6.45) is 0. The van der Waals surface area contributed by atoms with E-state index >= 15 is 0 Å². The van der Waals surface area contributed by atoms with Gasteiger partial charge in [0.05, 0.1) is 11.1 Å². The number of anilines is 1. The number of hydrogen-bond acceptors (Lipinski definition) is 3. The van der Waals surface area contributed by atoms with Gasteiger partial charge in [-0.05, 0) is 70.9 Å². The Labute approximate surface area is 204 Å². The average molecular weight is 550 g/mol. The predicted molar refractivity (Wildman–Crippen MR) is 130 cm³/mol. The van der Waals surface area contributed by atoms with E-state index in [2.05, 4.69) is 21.2 Å². The molecule has 30 heavy (non-hydrogen) atoms. The van der Waals surface area contributed by atoms with Crippen molar-refractivity contribution < 1.29 is 9.47 Å². The van der Waals surface area contributed by atoms with Gasteiger partial charge in [0, 0.05) is 37.9 Å². The van der Waals surface area contributed by atoms with Gasteiger partial charge in [0.2, 0.25) is 0 Å². The molecule has 3 aromatic rings. The lowest BCUT2D eigenvalue weighted by Gasteiger charge is -2.17. The zero-order valence-electron chi connectivity index (χ0n) is 15.9. The fraction of sp³-hybridized carbons (Fsp3) is 0.182. The summed E-state index contributed by atoms with van der Waals surface area (Å²) < 4.78 is 12.6. The molecule has 8 heteroatoms. The molecule has 0 amide bonds. The molecule has 0 atom stereocenters. The molecule has 1 N–H and O–H groups in total. The van der Waals surface area contributed by atoms with Crippen LogP contribution in [0.4, 0.5) is 5.69 Å². The second kappa shape index (κ2) is 10.8. The summed E-state index contributed by atoms with van der Waals surface area (Å²) >= 11 is 28.2. The van der Waals surface area contributed by atoms with Crippen LogP contribution in [0.25, 0.3) is 0 Å². The number of ether oxygens (including phenoxy) is 2. The topological polar surface area (TPSA) is 30.5 Å². The molecule has 3 nitrogen and oxygen atoms in total. The Morgan fingerprint density at radius 2 is 1.57 bits per heavy atom. The third-order valence-electron chi connectivity index (χ3n) is 4.15. The van der Waals surface area contributed by atoms with Gasteiger partial charge in [0.1, 0.15) is 6.61 Å². The lowest BCUT2D eigenvalue weighted by atomic mass is 10.2. The highest BCUT2D eigenvalue weighted by Gasteiger charge is 2.15. The highest BCUT2D eigenvalue weighted by Crippen LogP contribution is 2.38. The summed E-state index contributed by atoms with van der Waals surface area (Å²) in [5.41, 5.74) is 2.54. The Bertz CT molecular complexity index is 1010. The molecular formula is C22H18BrCl4NO2. The van der Waals surface area contributed by atoms with E-state index in [1.807, 2.05) is 31.2 Å². The summed E-state index contributed by atoms with van der Waals surface area (Å²) in [6, 6.07) is 14.6. The van der Waals surface area contributed by atoms with Crippen LogP contribution in [0.1, 0.15) is 18.1 Å². The Balaban J connectivity index is 1.79. The molecule has 0 aliphatic heterocycles. The van der Waals surface area contributed by atoms with Crippen molar-refractivity contribution in [2.45, 2.75) is 20.1 Å². The van der Waals surface area contributed by atoms with Crippen LogP contribution >= 0.6 is 62.3 Å². The smallest absolute Gasteiger partial charge is 0.175 e. The Morgan fingerprint density at radius 1 is 0.900 bits per heavy atom. The van der Waals surface area contributed by atoms with E-state index in [4.69, 9.17) is 55.9 Å². The first-order valence-corrected chi connectivity index (χ1v) is 11.4. The number of halogens is 5. The normalized spacial score (nSPS) is 10.7. The molecule has 0 heterocycles. The fourth-order valence-corrected chi connectivity index (χ4v) is 4.44. The molecule has 3 rings (SSSR count). The molecule has 0 aliphatic carbocycles. The van der Waals surface area contributed by atoms with Gasteiger partial charge in [-0.25, -0.2) is 0 Å². The van der Waals surface area contributed by atoms with Crippen LogP contribution in [-0.2, 0) is 13.2 Å². The van der Waals surface area contributed by atoms with Crippen LogP contribution in [0.15, 0.2) is 53.0 Å². The van der Waals surface area contributed by atoms with Gasteiger partial charge in [-0.2, -0.15) is 0 Å². The molecule has 0 aliphatic rings. The molecule has 3 aromatic carbocycles. The van der Waals surface area contributed by atoms with Crippen molar-refractivity contribution in [2.75, 3.05) is 11.9 Å². The SMILES string of the molecule is CCOc1cc(CNc2cc(Cl)cc(Cl)c2)cc(Br)c1OCc1c(Cl)cccc1Cl. The maximum absolute atomic E-state index is 6.25. The zero-order chi connectivity index (χ0) is 21.7. The molecule has 158 valence electrons. The highest BCUT2D eigenvalue weighted by molar-refractivity contribution is 9.10. The number of rotatable bonds is 8. The van der Waals surface area contributed by atoms with E-state index < -0.39 is 0 Å². The van der Waals surface area contributed by atoms with Crippen molar-refractivity contribution in [3.05, 3.63) is 84.2 Å². The molecule has 0 saturated heterocycles. The van der Waals surface area contributed by atoms with Crippen LogP contribution < -0.4 is 14.8 Å². The summed E-state index contributed by atoms with van der Waals surface area (Å²) in [5.74, 6) is 1.21. The van der Waals surface area contributed by atoms with Crippen molar-refractivity contribution in [3.63, 3.8) is 0 Å². The van der Waals surface area contributed by atoms with Gasteiger partial charge in [-0.3, -0.25) is 0 Å². The van der Waals surface area contributed by atoms with Crippen molar-refractivity contribution in [3.8, 4) is 11.5 Å². The van der Waals surface area contributed by atoms with Crippen LogP contribution in [0.3, 0.4) is 0 Å². The van der Waals surface area contributed by atoms with Gasteiger partial charge >= 0.3 is 0 Å². The molecule has 0 fully saturated rings. The molecule has 0 radical (unpaired) electrons. The van der Waals surface area contributed by atoms with Gasteiger partial charge in [-0.1, -0.05) is 52.5 Å². The lowest BCUT2D eigenvalue weighted by molar-refractivity contribution is 0.267. The van der Waals surface area contributed by atoms with Crippen LogP contribution in [-0.4, -0.2) is 6.61 Å². The largest absolute Gasteiger partial charge is 0.490 e. The molecule has 0 aromatic heterocycles. The molecule has 0 bridgehead atoms. The third-order valence-corrected chi connectivity index (χ3v) is 5.88. The van der Waals surface area contributed by atoms with Crippen LogP contribution in [0, 0.1) is 0 Å². The van der Waals surface area contributed by atoms with Crippen LogP contribution in [0.5, 0.6) is 11.5 Å². The summed E-state index contributed by atoms with van der Waals surface area (Å²) in [7, 11) is 0. The first-order chi connectivity index (χ1) is 14.4. The van der Waals surface area contributed by atoms with E-state index in [1.54, 1.807) is 24.3 Å². The standard InChI is InChI=1S/C22H18BrCl4NO2/c1-2-29-21-7-13(11-28-16-9-14(24)8-15(25)10-16)6-18(23)22(21)30-12-17-19(26)4-3-5-20(17)27/h3-10,28H,2,11-12H2,1H3. The van der Waals surface area contributed by atoms with Gasteiger partial charge < -0.3 is 14.8 Å². The summed E-state index contributed by atoms with van der Waals surface area (Å²) in [5, 5.41) is 5.56. The Hall–Kier alpha value is -1.30. The number of hydrogen-bond donors (Lipinski definition) is 1. The third kappa shape index (κ3) is 6.12. The Kier molecular flexibility index (Phi) is 8.44. The second-order valence-electron chi connectivity index (χ2n) is 6.34. The first-order valence-electron chi connectivity index (χ1n) is 9.08. The first kappa shape index (κ1) is 23.4.